The first-order valence-electron chi connectivity index (χ1n) is 11.7. The van der Waals surface area contributed by atoms with Crippen molar-refractivity contribution < 1.29 is 4.39 Å². The molecule has 0 saturated heterocycles. The van der Waals surface area contributed by atoms with Crippen LogP contribution in [0.1, 0.15) is 48.8 Å². The Morgan fingerprint density at radius 1 is 0.844 bits per heavy atom. The molecule has 1 aliphatic carbocycles. The summed E-state index contributed by atoms with van der Waals surface area (Å²) in [4.78, 5) is 2.47. The first-order chi connectivity index (χ1) is 15.7. The number of hydrogen-bond acceptors (Lipinski definition) is 2. The van der Waals surface area contributed by atoms with E-state index >= 15 is 0 Å². The van der Waals surface area contributed by atoms with Crippen molar-refractivity contribution in [1.29, 1.82) is 5.26 Å². The third-order valence-corrected chi connectivity index (χ3v) is 6.90. The quantitative estimate of drug-likeness (QED) is 0.354. The van der Waals surface area contributed by atoms with Gasteiger partial charge < -0.3 is 0 Å². The van der Waals surface area contributed by atoms with E-state index < -0.39 is 5.41 Å². The molecule has 0 bridgehead atoms. The van der Waals surface area contributed by atoms with Crippen LogP contribution in [0.3, 0.4) is 0 Å². The smallest absolute Gasteiger partial charge is 0.123 e. The first-order valence-corrected chi connectivity index (χ1v) is 11.7. The molecular formula is C29H31FN2. The van der Waals surface area contributed by atoms with E-state index in [4.69, 9.17) is 0 Å². The van der Waals surface area contributed by atoms with E-state index in [1.807, 2.05) is 24.3 Å². The SMILES string of the molecule is N#CC(CCCN(Cc1ccccc1)Cc1ccccc1)(c1ccc(F)cc1)C1CCC1. The lowest BCUT2D eigenvalue weighted by Crippen LogP contribution is -2.39. The summed E-state index contributed by atoms with van der Waals surface area (Å²) in [5.41, 5.74) is 3.06. The third-order valence-electron chi connectivity index (χ3n) is 6.90. The van der Waals surface area contributed by atoms with E-state index in [9.17, 15) is 9.65 Å². The summed E-state index contributed by atoms with van der Waals surface area (Å²) in [7, 11) is 0. The van der Waals surface area contributed by atoms with E-state index in [0.29, 0.717) is 5.92 Å². The van der Waals surface area contributed by atoms with Crippen molar-refractivity contribution in [2.24, 2.45) is 5.92 Å². The lowest BCUT2D eigenvalue weighted by atomic mass is 9.61. The number of nitrogens with zero attached hydrogens (tertiary/aromatic N) is 2. The average molecular weight is 427 g/mol. The Balaban J connectivity index is 1.49. The van der Waals surface area contributed by atoms with Gasteiger partial charge in [-0.3, -0.25) is 4.90 Å². The second-order valence-electron chi connectivity index (χ2n) is 9.00. The predicted octanol–water partition coefficient (Wildman–Crippen LogP) is 6.87. The molecule has 164 valence electrons. The fraction of sp³-hybridized carbons (Fsp3) is 0.345. The summed E-state index contributed by atoms with van der Waals surface area (Å²) in [5, 5.41) is 10.3. The number of nitriles is 1. The van der Waals surface area contributed by atoms with Gasteiger partial charge in [0.05, 0.1) is 11.5 Å². The molecule has 0 amide bonds. The van der Waals surface area contributed by atoms with Gasteiger partial charge in [0, 0.05) is 13.1 Å². The maximum atomic E-state index is 13.6. The van der Waals surface area contributed by atoms with Gasteiger partial charge in [0.15, 0.2) is 0 Å². The highest BCUT2D eigenvalue weighted by Crippen LogP contribution is 2.46. The largest absolute Gasteiger partial charge is 0.295 e. The van der Waals surface area contributed by atoms with E-state index in [0.717, 1.165) is 50.9 Å². The second-order valence-corrected chi connectivity index (χ2v) is 9.00. The molecule has 1 fully saturated rings. The van der Waals surface area contributed by atoms with Crippen molar-refractivity contribution in [2.75, 3.05) is 6.54 Å². The van der Waals surface area contributed by atoms with Gasteiger partial charge in [0.2, 0.25) is 0 Å². The highest BCUT2D eigenvalue weighted by Gasteiger charge is 2.43. The maximum absolute atomic E-state index is 13.6. The van der Waals surface area contributed by atoms with Crippen molar-refractivity contribution in [3.63, 3.8) is 0 Å². The standard InChI is InChI=1S/C29H31FN2/c30-28-17-15-27(16-18-28)29(23-31,26-13-7-14-26)19-8-20-32(21-24-9-3-1-4-10-24)22-25-11-5-2-6-12-25/h1-6,9-12,15-18,26H,7-8,13-14,19-22H2. The van der Waals surface area contributed by atoms with Gasteiger partial charge >= 0.3 is 0 Å². The fourth-order valence-corrected chi connectivity index (χ4v) is 4.92. The molecule has 3 aromatic rings. The zero-order valence-corrected chi connectivity index (χ0v) is 18.6. The van der Waals surface area contributed by atoms with Crippen LogP contribution in [0.15, 0.2) is 84.9 Å². The van der Waals surface area contributed by atoms with Crippen LogP contribution >= 0.6 is 0 Å². The zero-order valence-electron chi connectivity index (χ0n) is 18.6. The monoisotopic (exact) mass is 426 g/mol. The Bertz CT molecular complexity index is 965. The molecule has 3 heteroatoms. The molecule has 0 aromatic heterocycles. The van der Waals surface area contributed by atoms with E-state index in [1.165, 1.54) is 29.7 Å². The van der Waals surface area contributed by atoms with Gasteiger partial charge in [-0.2, -0.15) is 5.26 Å². The molecule has 0 N–H and O–H groups in total. The lowest BCUT2D eigenvalue weighted by Gasteiger charge is -2.41. The fourth-order valence-electron chi connectivity index (χ4n) is 4.92. The van der Waals surface area contributed by atoms with Crippen LogP contribution in [0.5, 0.6) is 0 Å². The average Bonchev–Trinajstić information content (AvgIpc) is 2.79. The molecule has 4 rings (SSSR count). The van der Waals surface area contributed by atoms with Gasteiger partial charge in [-0.15, -0.1) is 0 Å². The van der Waals surface area contributed by atoms with E-state index in [2.05, 4.69) is 59.5 Å². The Morgan fingerprint density at radius 3 is 1.88 bits per heavy atom. The van der Waals surface area contributed by atoms with Gasteiger partial charge in [0.1, 0.15) is 5.82 Å². The van der Waals surface area contributed by atoms with Crippen LogP contribution in [0, 0.1) is 23.1 Å². The van der Waals surface area contributed by atoms with E-state index in [-0.39, 0.29) is 5.82 Å². The topological polar surface area (TPSA) is 27.0 Å². The van der Waals surface area contributed by atoms with Gasteiger partial charge in [0.25, 0.3) is 0 Å². The van der Waals surface area contributed by atoms with Crippen molar-refractivity contribution in [1.82, 2.24) is 4.90 Å². The minimum absolute atomic E-state index is 0.244. The summed E-state index contributed by atoms with van der Waals surface area (Å²) in [6.45, 7) is 2.69. The lowest BCUT2D eigenvalue weighted by molar-refractivity contribution is 0.180. The van der Waals surface area contributed by atoms with Crippen molar-refractivity contribution in [2.45, 2.75) is 50.6 Å². The highest BCUT2D eigenvalue weighted by atomic mass is 19.1. The van der Waals surface area contributed by atoms with Crippen LogP contribution < -0.4 is 0 Å². The second kappa shape index (κ2) is 10.6. The Morgan fingerprint density at radius 2 is 1.41 bits per heavy atom. The van der Waals surface area contributed by atoms with Crippen molar-refractivity contribution >= 4 is 0 Å². The normalized spacial score (nSPS) is 15.7. The van der Waals surface area contributed by atoms with Gasteiger partial charge in [-0.1, -0.05) is 79.2 Å². The molecule has 2 nitrogen and oxygen atoms in total. The third kappa shape index (κ3) is 5.26. The summed E-state index contributed by atoms with van der Waals surface area (Å²) in [6, 6.07) is 30.4. The summed E-state index contributed by atoms with van der Waals surface area (Å²) >= 11 is 0. The van der Waals surface area contributed by atoms with Crippen LogP contribution in [-0.4, -0.2) is 11.4 Å². The molecule has 0 heterocycles. The maximum Gasteiger partial charge on any atom is 0.123 e. The molecule has 0 spiro atoms. The predicted molar refractivity (Wildman–Crippen MR) is 127 cm³/mol. The molecule has 1 unspecified atom stereocenters. The number of hydrogen-bond donors (Lipinski definition) is 0. The Kier molecular flexibility index (Phi) is 7.35. The first kappa shape index (κ1) is 22.2. The van der Waals surface area contributed by atoms with Crippen molar-refractivity contribution in [3.8, 4) is 6.07 Å². The zero-order chi connectivity index (χ0) is 22.2. The molecule has 3 aromatic carbocycles. The highest BCUT2D eigenvalue weighted by molar-refractivity contribution is 5.35. The van der Waals surface area contributed by atoms with Crippen LogP contribution in [0.4, 0.5) is 4.39 Å². The molecule has 32 heavy (non-hydrogen) atoms. The molecule has 1 aliphatic rings. The Labute approximate surface area is 191 Å². The summed E-state index contributed by atoms with van der Waals surface area (Å²) in [5.74, 6) is 0.126. The van der Waals surface area contributed by atoms with Crippen LogP contribution in [-0.2, 0) is 18.5 Å². The van der Waals surface area contributed by atoms with E-state index in [1.54, 1.807) is 0 Å². The summed E-state index contributed by atoms with van der Waals surface area (Å²) < 4.78 is 13.6. The summed E-state index contributed by atoms with van der Waals surface area (Å²) in [6.07, 6.45) is 5.09. The van der Waals surface area contributed by atoms with Crippen molar-refractivity contribution in [3.05, 3.63) is 107 Å². The molecule has 1 atom stereocenters. The molecular weight excluding hydrogens is 395 g/mol. The van der Waals surface area contributed by atoms with Gasteiger partial charge in [-0.05, 0) is 67.0 Å². The van der Waals surface area contributed by atoms with Gasteiger partial charge in [-0.25, -0.2) is 4.39 Å². The minimum atomic E-state index is -0.517. The number of halogens is 1. The Hall–Kier alpha value is -2.96. The van der Waals surface area contributed by atoms with Crippen LogP contribution in [0.25, 0.3) is 0 Å². The number of benzene rings is 3. The van der Waals surface area contributed by atoms with Crippen LogP contribution in [0.2, 0.25) is 0 Å². The molecule has 0 radical (unpaired) electrons. The molecule has 0 aliphatic heterocycles. The minimum Gasteiger partial charge on any atom is -0.295 e. The number of rotatable bonds is 10. The molecule has 1 saturated carbocycles.